The molecule has 2 rings (SSSR count). The topological polar surface area (TPSA) is 13.1 Å². The van der Waals surface area contributed by atoms with Gasteiger partial charge in [0, 0.05) is 16.6 Å². The summed E-state index contributed by atoms with van der Waals surface area (Å²) in [5, 5.41) is 1.22. The van der Waals surface area contributed by atoms with Crippen molar-refractivity contribution in [1.29, 1.82) is 0 Å². The maximum atomic E-state index is 5.83. The fraction of sp³-hybridized carbons (Fsp3) is 0.385. The van der Waals surface area contributed by atoms with Crippen molar-refractivity contribution in [2.75, 3.05) is 0 Å². The van der Waals surface area contributed by atoms with Crippen molar-refractivity contribution >= 4 is 26.9 Å². The van der Waals surface area contributed by atoms with Crippen LogP contribution < -0.4 is 0 Å². The Hall–Kier alpha value is -0.760. The minimum atomic E-state index is 0.548. The molecule has 0 aliphatic rings. The number of rotatable bonds is 3. The number of halogens is 1. The predicted octanol–water partition coefficient (Wildman–Crippen LogP) is 4.46. The van der Waals surface area contributed by atoms with Gasteiger partial charge in [0.2, 0.25) is 0 Å². The van der Waals surface area contributed by atoms with Gasteiger partial charge in [-0.1, -0.05) is 41.1 Å². The summed E-state index contributed by atoms with van der Waals surface area (Å²) in [5.41, 5.74) is 2.25. The maximum absolute atomic E-state index is 5.83. The van der Waals surface area contributed by atoms with Crippen LogP contribution in [0.4, 0.5) is 0 Å². The summed E-state index contributed by atoms with van der Waals surface area (Å²) < 4.78 is 5.83. The molecule has 0 aliphatic heterocycles. The Morgan fingerprint density at radius 1 is 1.40 bits per heavy atom. The van der Waals surface area contributed by atoms with Gasteiger partial charge in [-0.15, -0.1) is 0 Å². The monoisotopic (exact) mass is 266 g/mol. The Bertz CT molecular complexity index is 457. The quantitative estimate of drug-likeness (QED) is 0.748. The van der Waals surface area contributed by atoms with Gasteiger partial charge in [-0.25, -0.2) is 0 Å². The summed E-state index contributed by atoms with van der Waals surface area (Å²) >= 11 is 3.55. The van der Waals surface area contributed by atoms with E-state index in [2.05, 4.69) is 54.0 Å². The van der Waals surface area contributed by atoms with E-state index in [-0.39, 0.29) is 0 Å². The van der Waals surface area contributed by atoms with Gasteiger partial charge in [0.1, 0.15) is 11.3 Å². The molecule has 0 saturated heterocycles. The normalized spacial score (nSPS) is 13.3. The molecule has 15 heavy (non-hydrogen) atoms. The minimum absolute atomic E-state index is 0.548. The Morgan fingerprint density at radius 2 is 2.20 bits per heavy atom. The van der Waals surface area contributed by atoms with E-state index in [1.54, 1.807) is 0 Å². The molecule has 0 amide bonds. The molecule has 1 nitrogen and oxygen atoms in total. The number of aryl methyl sites for hydroxylation is 2. The fourth-order valence-corrected chi connectivity index (χ4v) is 1.96. The number of para-hydroxylation sites is 1. The van der Waals surface area contributed by atoms with Gasteiger partial charge in [-0.3, -0.25) is 0 Å². The van der Waals surface area contributed by atoms with Crippen LogP contribution in [-0.4, -0.2) is 4.83 Å². The van der Waals surface area contributed by atoms with Crippen molar-refractivity contribution in [3.63, 3.8) is 0 Å². The first-order valence-corrected chi connectivity index (χ1v) is 6.20. The summed E-state index contributed by atoms with van der Waals surface area (Å²) in [4.78, 5) is 0.548. The van der Waals surface area contributed by atoms with E-state index in [1.807, 2.05) is 0 Å². The molecule has 2 aromatic rings. The second-order valence-corrected chi connectivity index (χ2v) is 5.59. The molecule has 0 N–H and O–H groups in total. The van der Waals surface area contributed by atoms with Crippen LogP contribution in [0, 0.1) is 6.92 Å². The Kier molecular flexibility index (Phi) is 3.15. The van der Waals surface area contributed by atoms with E-state index in [1.165, 1.54) is 10.9 Å². The highest BCUT2D eigenvalue weighted by atomic mass is 79.9. The third-order valence-electron chi connectivity index (χ3n) is 2.58. The van der Waals surface area contributed by atoms with Gasteiger partial charge in [-0.05, 0) is 25.0 Å². The van der Waals surface area contributed by atoms with Crippen LogP contribution in [0.5, 0.6) is 0 Å². The summed E-state index contributed by atoms with van der Waals surface area (Å²) in [6.07, 6.45) is 2.11. The summed E-state index contributed by atoms with van der Waals surface area (Å²) in [5.74, 6) is 1.09. The molecule has 1 aromatic carbocycles. The number of benzene rings is 1. The molecular formula is C13H15BrO. The zero-order valence-electron chi connectivity index (χ0n) is 9.09. The molecule has 0 spiro atoms. The molecule has 1 heterocycles. The average Bonchev–Trinajstić information content (AvgIpc) is 2.59. The van der Waals surface area contributed by atoms with Gasteiger partial charge in [0.05, 0.1) is 0 Å². The first kappa shape index (κ1) is 10.7. The van der Waals surface area contributed by atoms with Crippen molar-refractivity contribution in [1.82, 2.24) is 0 Å². The Labute approximate surface area is 98.6 Å². The average molecular weight is 267 g/mol. The minimum Gasteiger partial charge on any atom is -0.461 e. The van der Waals surface area contributed by atoms with Crippen LogP contribution in [0.25, 0.3) is 11.0 Å². The van der Waals surface area contributed by atoms with Crippen LogP contribution >= 0.6 is 15.9 Å². The van der Waals surface area contributed by atoms with Crippen molar-refractivity contribution in [2.45, 2.75) is 31.5 Å². The van der Waals surface area contributed by atoms with Crippen molar-refractivity contribution in [3.8, 4) is 0 Å². The molecule has 0 radical (unpaired) electrons. The summed E-state index contributed by atoms with van der Waals surface area (Å²) in [6, 6.07) is 8.41. The number of alkyl halides is 1. The highest BCUT2D eigenvalue weighted by Crippen LogP contribution is 2.23. The lowest BCUT2D eigenvalue weighted by molar-refractivity contribution is 0.537. The highest BCUT2D eigenvalue weighted by Gasteiger charge is 2.06. The van der Waals surface area contributed by atoms with Gasteiger partial charge in [0.25, 0.3) is 0 Å². The predicted molar refractivity (Wildman–Crippen MR) is 67.7 cm³/mol. The highest BCUT2D eigenvalue weighted by molar-refractivity contribution is 9.09. The maximum Gasteiger partial charge on any atom is 0.137 e. The smallest absolute Gasteiger partial charge is 0.137 e. The van der Waals surface area contributed by atoms with E-state index in [0.717, 1.165) is 24.2 Å². The number of hydrogen-bond donors (Lipinski definition) is 0. The van der Waals surface area contributed by atoms with Gasteiger partial charge >= 0.3 is 0 Å². The molecule has 2 heteroatoms. The van der Waals surface area contributed by atoms with Crippen LogP contribution in [0.3, 0.4) is 0 Å². The van der Waals surface area contributed by atoms with Gasteiger partial charge in [-0.2, -0.15) is 0 Å². The molecular weight excluding hydrogens is 252 g/mol. The van der Waals surface area contributed by atoms with Gasteiger partial charge in [0.15, 0.2) is 0 Å². The molecule has 0 bridgehead atoms. The van der Waals surface area contributed by atoms with E-state index in [4.69, 9.17) is 4.42 Å². The lowest BCUT2D eigenvalue weighted by Gasteiger charge is -1.99. The first-order valence-electron chi connectivity index (χ1n) is 5.29. The van der Waals surface area contributed by atoms with E-state index in [9.17, 15) is 0 Å². The Morgan fingerprint density at radius 3 is 2.87 bits per heavy atom. The van der Waals surface area contributed by atoms with Crippen LogP contribution in [-0.2, 0) is 6.42 Å². The van der Waals surface area contributed by atoms with Crippen molar-refractivity contribution in [2.24, 2.45) is 0 Å². The standard InChI is InChI=1S/C13H15BrO/c1-9-4-3-5-11-8-12(15-13(9)11)7-6-10(2)14/h3-5,8,10H,6-7H2,1-2H3. The van der Waals surface area contributed by atoms with Crippen molar-refractivity contribution in [3.05, 3.63) is 35.6 Å². The van der Waals surface area contributed by atoms with E-state index >= 15 is 0 Å². The molecule has 1 aromatic heterocycles. The molecule has 1 unspecified atom stereocenters. The van der Waals surface area contributed by atoms with E-state index < -0.39 is 0 Å². The lowest BCUT2D eigenvalue weighted by Crippen LogP contribution is -1.92. The van der Waals surface area contributed by atoms with Crippen LogP contribution in [0.2, 0.25) is 0 Å². The van der Waals surface area contributed by atoms with Gasteiger partial charge < -0.3 is 4.42 Å². The van der Waals surface area contributed by atoms with Crippen LogP contribution in [0.15, 0.2) is 28.7 Å². The number of fused-ring (bicyclic) bond motifs is 1. The third-order valence-corrected chi connectivity index (χ3v) is 3.04. The summed E-state index contributed by atoms with van der Waals surface area (Å²) in [7, 11) is 0. The lowest BCUT2D eigenvalue weighted by atomic mass is 10.1. The third kappa shape index (κ3) is 2.43. The number of furan rings is 1. The fourth-order valence-electron chi connectivity index (χ4n) is 1.73. The van der Waals surface area contributed by atoms with E-state index in [0.29, 0.717) is 4.83 Å². The SMILES string of the molecule is Cc1cccc2cc(CCC(C)Br)oc12. The first-order chi connectivity index (χ1) is 7.16. The zero-order chi connectivity index (χ0) is 10.8. The molecule has 0 fully saturated rings. The molecule has 0 aliphatic carbocycles. The molecule has 1 atom stereocenters. The largest absolute Gasteiger partial charge is 0.461 e. The van der Waals surface area contributed by atoms with Crippen molar-refractivity contribution < 1.29 is 4.42 Å². The summed E-state index contributed by atoms with van der Waals surface area (Å²) in [6.45, 7) is 4.25. The second-order valence-electron chi connectivity index (χ2n) is 4.03. The molecule has 0 saturated carbocycles. The zero-order valence-corrected chi connectivity index (χ0v) is 10.7. The second kappa shape index (κ2) is 4.40. The molecule has 80 valence electrons. The Balaban J connectivity index is 2.27. The van der Waals surface area contributed by atoms with Crippen LogP contribution in [0.1, 0.15) is 24.7 Å². The number of hydrogen-bond acceptors (Lipinski definition) is 1.